The minimum Gasteiger partial charge on any atom is -0.741 e. The second-order valence-corrected chi connectivity index (χ2v) is 18.3. The van der Waals surface area contributed by atoms with Crippen LogP contribution in [0.15, 0.2) is 0 Å². The molecule has 0 spiro atoms. The Labute approximate surface area is 342 Å². The Kier molecular flexibility index (Phi) is 42.9. The molecule has 0 heterocycles. The van der Waals surface area contributed by atoms with Crippen molar-refractivity contribution in [3.05, 3.63) is 0 Å². The molecule has 0 aliphatic carbocycles. The molecule has 318 valence electrons. The second-order valence-electron chi connectivity index (χ2n) is 17.9. The van der Waals surface area contributed by atoms with Gasteiger partial charge in [0.15, 0.2) is 0 Å². The summed E-state index contributed by atoms with van der Waals surface area (Å²) in [6, 6.07) is 0. The van der Waals surface area contributed by atoms with Gasteiger partial charge in [-0.25, -0.2) is 0 Å². The highest BCUT2D eigenvalue weighted by molar-refractivity contribution is 7.77. The van der Waals surface area contributed by atoms with E-state index >= 15 is 0 Å². The molecule has 0 rings (SSSR count). The predicted molar refractivity (Wildman–Crippen MR) is 244 cm³/mol. The molecule has 0 bridgehead atoms. The van der Waals surface area contributed by atoms with Gasteiger partial charge in [-0.1, -0.05) is 285 Å². The lowest BCUT2D eigenvalue weighted by Crippen LogP contribution is -2.38. The Morgan fingerprint density at radius 1 is 0.321 bits per heavy atom. The molecular formula is C51H101OS-. The van der Waals surface area contributed by atoms with Crippen molar-refractivity contribution in [1.82, 2.24) is 0 Å². The lowest BCUT2D eigenvalue weighted by molar-refractivity contribution is -0.124. The first-order chi connectivity index (χ1) is 26.1. The summed E-state index contributed by atoms with van der Waals surface area (Å²) in [7, 11) is 0. The topological polar surface area (TPSA) is 17.1 Å². The molecule has 0 fully saturated rings. The first-order valence-electron chi connectivity index (χ1n) is 25.3. The quantitative estimate of drug-likeness (QED) is 0.0454. The van der Waals surface area contributed by atoms with Gasteiger partial charge in [-0.05, 0) is 31.6 Å². The Morgan fingerprint density at radius 2 is 0.509 bits per heavy atom. The highest BCUT2D eigenvalue weighted by atomic mass is 32.1. The van der Waals surface area contributed by atoms with Crippen LogP contribution in [0.25, 0.3) is 0 Å². The number of carbonyl (C=O) groups excluding carboxylic acids is 1. The van der Waals surface area contributed by atoms with E-state index in [4.69, 9.17) is 12.6 Å². The Hall–Kier alpha value is -0.110. The van der Waals surface area contributed by atoms with Crippen molar-refractivity contribution in [3.8, 4) is 0 Å². The van der Waals surface area contributed by atoms with Crippen molar-refractivity contribution < 1.29 is 4.79 Å². The molecule has 0 N–H and O–H groups in total. The van der Waals surface area contributed by atoms with Crippen LogP contribution in [-0.4, -0.2) is 5.12 Å². The monoisotopic (exact) mass is 762 g/mol. The number of hydrogen-bond donors (Lipinski definition) is 0. The standard InChI is InChI=1S/C51H102OS/c1-5-9-13-17-21-25-29-33-37-41-45-49(46-42-38-34-30-26-22-18-14-10-6-2)51(50(52)53,47-43-39-35-31-27-23-19-15-11-7-3)48-44-40-36-32-28-24-20-16-12-8-4/h49H,5-48H2,1-4H3,(H,52,53)/p-1. The highest BCUT2D eigenvalue weighted by Gasteiger charge is 2.38. The van der Waals surface area contributed by atoms with Gasteiger partial charge in [0.1, 0.15) is 0 Å². The van der Waals surface area contributed by atoms with Gasteiger partial charge in [-0.3, -0.25) is 0 Å². The number of carbonyl (C=O) groups is 1. The van der Waals surface area contributed by atoms with Crippen LogP contribution in [0, 0.1) is 11.3 Å². The zero-order chi connectivity index (χ0) is 38.8. The van der Waals surface area contributed by atoms with Crippen LogP contribution in [0.3, 0.4) is 0 Å². The van der Waals surface area contributed by atoms with E-state index < -0.39 is 0 Å². The normalized spacial score (nSPS) is 12.0. The minimum atomic E-state index is -0.242. The third-order valence-corrected chi connectivity index (χ3v) is 13.4. The van der Waals surface area contributed by atoms with Crippen LogP contribution in [0.4, 0.5) is 0 Å². The van der Waals surface area contributed by atoms with E-state index in [1.165, 1.54) is 270 Å². The van der Waals surface area contributed by atoms with Gasteiger partial charge >= 0.3 is 0 Å². The Balaban J connectivity index is 5.31. The van der Waals surface area contributed by atoms with Crippen molar-refractivity contribution in [2.24, 2.45) is 11.3 Å². The average Bonchev–Trinajstić information content (AvgIpc) is 3.16. The third kappa shape index (κ3) is 33.7. The molecule has 0 unspecified atom stereocenters. The average molecular weight is 762 g/mol. The van der Waals surface area contributed by atoms with E-state index in [9.17, 15) is 4.79 Å². The van der Waals surface area contributed by atoms with Crippen molar-refractivity contribution >= 4 is 17.7 Å². The van der Waals surface area contributed by atoms with Gasteiger partial charge in [0.05, 0.1) is 0 Å². The van der Waals surface area contributed by atoms with E-state index in [2.05, 4.69) is 27.7 Å². The number of rotatable bonds is 46. The smallest absolute Gasteiger partial charge is 0.0184 e. The fourth-order valence-electron chi connectivity index (χ4n) is 9.21. The summed E-state index contributed by atoms with van der Waals surface area (Å²) in [4.78, 5) is 13.9. The zero-order valence-electron chi connectivity index (χ0n) is 37.5. The molecule has 0 saturated heterocycles. The Bertz CT molecular complexity index is 654. The summed E-state index contributed by atoms with van der Waals surface area (Å²) in [5.41, 5.74) is -0.242. The summed E-state index contributed by atoms with van der Waals surface area (Å²) in [6.45, 7) is 9.24. The summed E-state index contributed by atoms with van der Waals surface area (Å²) in [6.07, 6.45) is 59.5. The molecule has 0 amide bonds. The van der Waals surface area contributed by atoms with Gasteiger partial charge in [0.2, 0.25) is 0 Å². The lowest BCUT2D eigenvalue weighted by atomic mass is 9.65. The van der Waals surface area contributed by atoms with Crippen LogP contribution in [-0.2, 0) is 17.4 Å². The first-order valence-corrected chi connectivity index (χ1v) is 25.7. The van der Waals surface area contributed by atoms with Crippen molar-refractivity contribution in [3.63, 3.8) is 0 Å². The maximum atomic E-state index is 13.9. The van der Waals surface area contributed by atoms with Crippen molar-refractivity contribution in [1.29, 1.82) is 0 Å². The number of unbranched alkanes of at least 4 members (excludes halogenated alkanes) is 36. The number of hydrogen-bond acceptors (Lipinski definition) is 2. The molecule has 1 nitrogen and oxygen atoms in total. The fraction of sp³-hybridized carbons (Fsp3) is 0.980. The molecule has 0 aliphatic rings. The molecule has 0 aliphatic heterocycles. The van der Waals surface area contributed by atoms with Gasteiger partial charge in [0.25, 0.3) is 0 Å². The van der Waals surface area contributed by atoms with Gasteiger partial charge in [0, 0.05) is 10.5 Å². The first kappa shape index (κ1) is 52.9. The van der Waals surface area contributed by atoms with Crippen LogP contribution in [0.2, 0.25) is 0 Å². The minimum absolute atomic E-state index is 0.147. The van der Waals surface area contributed by atoms with Crippen LogP contribution >= 0.6 is 0 Å². The molecule has 2 heteroatoms. The lowest BCUT2D eigenvalue weighted by Gasteiger charge is -2.44. The molecular weight excluding hydrogens is 661 g/mol. The van der Waals surface area contributed by atoms with Crippen molar-refractivity contribution in [2.45, 2.75) is 310 Å². The van der Waals surface area contributed by atoms with Gasteiger partial charge < -0.3 is 17.4 Å². The molecule has 0 radical (unpaired) electrons. The van der Waals surface area contributed by atoms with E-state index in [1.807, 2.05) is 0 Å². The van der Waals surface area contributed by atoms with Gasteiger partial charge in [-0.2, -0.15) is 0 Å². The van der Waals surface area contributed by atoms with Crippen LogP contribution in [0.1, 0.15) is 310 Å². The van der Waals surface area contributed by atoms with Crippen molar-refractivity contribution in [2.75, 3.05) is 0 Å². The molecule has 0 aromatic carbocycles. The third-order valence-electron chi connectivity index (χ3n) is 13.0. The maximum absolute atomic E-state index is 13.9. The maximum Gasteiger partial charge on any atom is 0.0184 e. The van der Waals surface area contributed by atoms with E-state index in [1.54, 1.807) is 0 Å². The fourth-order valence-corrected chi connectivity index (χ4v) is 9.58. The molecule has 0 aromatic rings. The SMILES string of the molecule is CCCCCCCCCCCCC(CCCCCCCCCCCC)C(CCCCCCCCCCCC)(CCCCCCCCCCCC)C(=O)[S-]. The zero-order valence-corrected chi connectivity index (χ0v) is 38.3. The van der Waals surface area contributed by atoms with E-state index in [0.29, 0.717) is 5.92 Å². The highest BCUT2D eigenvalue weighted by Crippen LogP contribution is 2.45. The van der Waals surface area contributed by atoms with Gasteiger partial charge in [-0.15, -0.1) is 0 Å². The molecule has 0 saturated carbocycles. The van der Waals surface area contributed by atoms with E-state index in [0.717, 1.165) is 12.8 Å². The van der Waals surface area contributed by atoms with E-state index in [-0.39, 0.29) is 10.5 Å². The van der Waals surface area contributed by atoms with Crippen LogP contribution in [0.5, 0.6) is 0 Å². The summed E-state index contributed by atoms with van der Waals surface area (Å²) in [5, 5.41) is 0.147. The van der Waals surface area contributed by atoms with Crippen LogP contribution < -0.4 is 0 Å². The summed E-state index contributed by atoms with van der Waals surface area (Å²) in [5.74, 6) is 0.507. The Morgan fingerprint density at radius 3 is 0.717 bits per heavy atom. The molecule has 53 heavy (non-hydrogen) atoms. The molecule has 0 aromatic heterocycles. The summed E-state index contributed by atoms with van der Waals surface area (Å²) >= 11 is 5.85. The second kappa shape index (κ2) is 43.0. The predicted octanol–water partition coefficient (Wildman–Crippen LogP) is 18.9. The summed E-state index contributed by atoms with van der Waals surface area (Å²) < 4.78 is 0. The largest absolute Gasteiger partial charge is 0.741 e. The molecule has 0 atom stereocenters.